The fourth-order valence-electron chi connectivity index (χ4n) is 2.93. The molecule has 2 aromatic carbocycles. The minimum atomic E-state index is 1.00. The Bertz CT molecular complexity index is 610. The van der Waals surface area contributed by atoms with Crippen LogP contribution in [-0.2, 0) is 0 Å². The summed E-state index contributed by atoms with van der Waals surface area (Å²) in [6.07, 6.45) is 9.26. The van der Waals surface area contributed by atoms with Gasteiger partial charge in [-0.05, 0) is 49.9 Å². The number of hydrogen-bond donors (Lipinski definition) is 0. The molecule has 0 aliphatic heterocycles. The van der Waals surface area contributed by atoms with Gasteiger partial charge in [-0.25, -0.2) is 0 Å². The largest absolute Gasteiger partial charge is 0.252 e. The van der Waals surface area contributed by atoms with Crippen molar-refractivity contribution in [2.75, 3.05) is 0 Å². The number of unbranched alkanes of at least 4 members (excludes halogenated alkanes) is 4. The van der Waals surface area contributed by atoms with E-state index in [4.69, 9.17) is 9.98 Å². The second-order valence-electron chi connectivity index (χ2n) is 6.70. The van der Waals surface area contributed by atoms with Gasteiger partial charge in [0.1, 0.15) is 0 Å². The van der Waals surface area contributed by atoms with Crippen LogP contribution in [0.15, 0.2) is 70.6 Å². The minimum Gasteiger partial charge on any atom is -0.252 e. The summed E-state index contributed by atoms with van der Waals surface area (Å²) in [5, 5.41) is 0. The van der Waals surface area contributed by atoms with Crippen molar-refractivity contribution in [2.45, 2.75) is 65.2 Å². The van der Waals surface area contributed by atoms with Gasteiger partial charge >= 0.3 is 0 Å². The van der Waals surface area contributed by atoms with Gasteiger partial charge in [-0.15, -0.1) is 0 Å². The quantitative estimate of drug-likeness (QED) is 0.294. The van der Waals surface area contributed by atoms with Crippen LogP contribution in [0.1, 0.15) is 65.2 Å². The van der Waals surface area contributed by atoms with Crippen molar-refractivity contribution in [2.24, 2.45) is 9.98 Å². The molecule has 0 unspecified atom stereocenters. The number of para-hydroxylation sites is 2. The van der Waals surface area contributed by atoms with Crippen LogP contribution in [-0.4, -0.2) is 11.4 Å². The third-order valence-corrected chi connectivity index (χ3v) is 4.41. The van der Waals surface area contributed by atoms with E-state index < -0.39 is 0 Å². The topological polar surface area (TPSA) is 24.7 Å². The van der Waals surface area contributed by atoms with Gasteiger partial charge < -0.3 is 0 Å². The summed E-state index contributed by atoms with van der Waals surface area (Å²) in [7, 11) is 0. The Morgan fingerprint density at radius 2 is 0.962 bits per heavy atom. The first-order valence-electron chi connectivity index (χ1n) is 10.1. The van der Waals surface area contributed by atoms with Crippen molar-refractivity contribution in [3.05, 3.63) is 60.7 Å². The maximum Gasteiger partial charge on any atom is 0.0633 e. The summed E-state index contributed by atoms with van der Waals surface area (Å²) in [6.45, 7) is 4.49. The first-order valence-corrected chi connectivity index (χ1v) is 10.1. The molecule has 0 spiro atoms. The van der Waals surface area contributed by atoms with Crippen LogP contribution in [0.25, 0.3) is 0 Å². The smallest absolute Gasteiger partial charge is 0.0633 e. The molecular formula is C24H32N2. The van der Waals surface area contributed by atoms with Gasteiger partial charge in [-0.1, -0.05) is 75.9 Å². The van der Waals surface area contributed by atoms with Crippen molar-refractivity contribution in [3.63, 3.8) is 0 Å². The average Bonchev–Trinajstić information content (AvgIpc) is 2.68. The molecule has 0 amide bonds. The third-order valence-electron chi connectivity index (χ3n) is 4.41. The van der Waals surface area contributed by atoms with E-state index in [9.17, 15) is 0 Å². The molecule has 0 radical (unpaired) electrons. The molecule has 0 bridgehead atoms. The minimum absolute atomic E-state index is 1.00. The zero-order valence-electron chi connectivity index (χ0n) is 16.3. The molecule has 2 heteroatoms. The molecule has 2 aromatic rings. The van der Waals surface area contributed by atoms with Gasteiger partial charge in [-0.3, -0.25) is 9.98 Å². The summed E-state index contributed by atoms with van der Waals surface area (Å²) >= 11 is 0. The Labute approximate surface area is 159 Å². The number of rotatable bonds is 11. The van der Waals surface area contributed by atoms with E-state index in [2.05, 4.69) is 38.1 Å². The lowest BCUT2D eigenvalue weighted by Gasteiger charge is -2.11. The average molecular weight is 349 g/mol. The summed E-state index contributed by atoms with van der Waals surface area (Å²) in [5.74, 6) is 0. The van der Waals surface area contributed by atoms with E-state index in [1.165, 1.54) is 38.5 Å². The lowest BCUT2D eigenvalue weighted by atomic mass is 10.0. The Hall–Kier alpha value is -2.22. The van der Waals surface area contributed by atoms with Crippen LogP contribution in [0.3, 0.4) is 0 Å². The summed E-state index contributed by atoms with van der Waals surface area (Å²) in [6, 6.07) is 20.6. The lowest BCUT2D eigenvalue weighted by Crippen LogP contribution is -2.14. The van der Waals surface area contributed by atoms with E-state index in [1.54, 1.807) is 0 Å². The molecule has 0 saturated heterocycles. The maximum absolute atomic E-state index is 4.99. The standard InChI is InChI=1S/C24H32N2/c1-3-5-9-19-23(25-21-15-11-7-12-16-21)24(20-10-6-4-2)26-22-17-13-8-14-18-22/h7-8,11-18H,3-6,9-10,19-20H2,1-2H3. The molecule has 0 saturated carbocycles. The molecule has 0 aliphatic carbocycles. The lowest BCUT2D eigenvalue weighted by molar-refractivity contribution is 0.735. The monoisotopic (exact) mass is 348 g/mol. The Morgan fingerprint density at radius 3 is 1.31 bits per heavy atom. The third kappa shape index (κ3) is 7.35. The normalized spacial score (nSPS) is 12.4. The van der Waals surface area contributed by atoms with Gasteiger partial charge in [0.15, 0.2) is 0 Å². The summed E-state index contributed by atoms with van der Waals surface area (Å²) < 4.78 is 0. The van der Waals surface area contributed by atoms with Crippen molar-refractivity contribution >= 4 is 22.8 Å². The van der Waals surface area contributed by atoms with Crippen LogP contribution >= 0.6 is 0 Å². The SMILES string of the molecule is CCCCCC(=Nc1ccccc1)C(CCCCC)=Nc1ccccc1. The first kappa shape index (κ1) is 20.1. The molecule has 0 aliphatic rings. The molecule has 0 fully saturated rings. The molecule has 138 valence electrons. The second kappa shape index (κ2) is 12.2. The predicted molar refractivity (Wildman–Crippen MR) is 115 cm³/mol. The van der Waals surface area contributed by atoms with E-state index in [-0.39, 0.29) is 0 Å². The van der Waals surface area contributed by atoms with Gasteiger partial charge in [-0.2, -0.15) is 0 Å². The molecule has 2 nitrogen and oxygen atoms in total. The Balaban J connectivity index is 2.32. The molecule has 26 heavy (non-hydrogen) atoms. The van der Waals surface area contributed by atoms with Crippen LogP contribution in [0, 0.1) is 0 Å². The number of hydrogen-bond acceptors (Lipinski definition) is 2. The van der Waals surface area contributed by atoms with Gasteiger partial charge in [0.25, 0.3) is 0 Å². The van der Waals surface area contributed by atoms with Gasteiger partial charge in [0.2, 0.25) is 0 Å². The van der Waals surface area contributed by atoms with Crippen molar-refractivity contribution in [1.82, 2.24) is 0 Å². The molecule has 2 rings (SSSR count). The fraction of sp³-hybridized carbons (Fsp3) is 0.417. The Kier molecular flexibility index (Phi) is 9.42. The Morgan fingerprint density at radius 1 is 0.577 bits per heavy atom. The van der Waals surface area contributed by atoms with E-state index in [0.29, 0.717) is 0 Å². The highest BCUT2D eigenvalue weighted by Gasteiger charge is 2.10. The first-order chi connectivity index (χ1) is 12.8. The van der Waals surface area contributed by atoms with Crippen molar-refractivity contribution in [3.8, 4) is 0 Å². The fourth-order valence-corrected chi connectivity index (χ4v) is 2.93. The number of benzene rings is 2. The van der Waals surface area contributed by atoms with Crippen LogP contribution in [0.2, 0.25) is 0 Å². The molecule has 0 atom stereocenters. The van der Waals surface area contributed by atoms with E-state index in [0.717, 1.165) is 35.6 Å². The van der Waals surface area contributed by atoms with Gasteiger partial charge in [0, 0.05) is 0 Å². The molecule has 0 aromatic heterocycles. The summed E-state index contributed by atoms with van der Waals surface area (Å²) in [4.78, 5) is 9.98. The highest BCUT2D eigenvalue weighted by Crippen LogP contribution is 2.19. The predicted octanol–water partition coefficient (Wildman–Crippen LogP) is 7.69. The zero-order valence-corrected chi connectivity index (χ0v) is 16.3. The van der Waals surface area contributed by atoms with Crippen LogP contribution in [0.5, 0.6) is 0 Å². The van der Waals surface area contributed by atoms with Crippen LogP contribution in [0.4, 0.5) is 11.4 Å². The number of nitrogens with zero attached hydrogens (tertiary/aromatic N) is 2. The maximum atomic E-state index is 4.99. The molecule has 0 heterocycles. The molecular weight excluding hydrogens is 316 g/mol. The van der Waals surface area contributed by atoms with Crippen LogP contribution < -0.4 is 0 Å². The number of aliphatic imine (C=N–C) groups is 2. The zero-order chi connectivity index (χ0) is 18.5. The van der Waals surface area contributed by atoms with E-state index in [1.807, 2.05) is 36.4 Å². The molecule has 0 N–H and O–H groups in total. The van der Waals surface area contributed by atoms with Crippen molar-refractivity contribution < 1.29 is 0 Å². The van der Waals surface area contributed by atoms with E-state index >= 15 is 0 Å². The van der Waals surface area contributed by atoms with Gasteiger partial charge in [0.05, 0.1) is 22.8 Å². The highest BCUT2D eigenvalue weighted by molar-refractivity contribution is 6.43. The highest BCUT2D eigenvalue weighted by atomic mass is 14.8. The second-order valence-corrected chi connectivity index (χ2v) is 6.70. The summed E-state index contributed by atoms with van der Waals surface area (Å²) in [5.41, 5.74) is 4.36. The van der Waals surface area contributed by atoms with Crippen molar-refractivity contribution in [1.29, 1.82) is 0 Å².